The molecular weight excluding hydrogens is 444 g/mol. The first kappa shape index (κ1) is 21.1. The van der Waals surface area contributed by atoms with Gasteiger partial charge in [-0.05, 0) is 42.8 Å². The largest absolute Gasteiger partial charge is 0.464 e. The van der Waals surface area contributed by atoms with Gasteiger partial charge in [0.05, 0.1) is 17.9 Å². The van der Waals surface area contributed by atoms with Gasteiger partial charge < -0.3 is 24.0 Å². The molecule has 4 aromatic rings. The zero-order valence-corrected chi connectivity index (χ0v) is 18.6. The molecule has 1 aromatic carbocycles. The number of nitrogens with one attached hydrogen (secondary N) is 1. The Morgan fingerprint density at radius 2 is 1.73 bits per heavy atom. The molecule has 8 nitrogen and oxygen atoms in total. The highest BCUT2D eigenvalue weighted by molar-refractivity contribution is 6.31. The molecule has 4 heterocycles. The number of aromatic nitrogens is 1. The first-order chi connectivity index (χ1) is 16.0. The molecule has 1 fully saturated rings. The van der Waals surface area contributed by atoms with Gasteiger partial charge in [-0.2, -0.15) is 0 Å². The molecule has 1 N–H and O–H groups in total. The van der Waals surface area contributed by atoms with Crippen molar-refractivity contribution in [3.8, 4) is 0 Å². The fourth-order valence-electron chi connectivity index (χ4n) is 3.81. The van der Waals surface area contributed by atoms with Crippen molar-refractivity contribution in [2.45, 2.75) is 6.92 Å². The van der Waals surface area contributed by atoms with Gasteiger partial charge in [-0.15, -0.1) is 0 Å². The number of rotatable bonds is 4. The number of nitrogens with zero attached hydrogens (tertiary/aromatic N) is 3. The molecule has 1 aliphatic heterocycles. The van der Waals surface area contributed by atoms with Gasteiger partial charge in [-0.25, -0.2) is 4.98 Å². The number of halogens is 1. The molecule has 1 saturated heterocycles. The third kappa shape index (κ3) is 4.17. The third-order valence-corrected chi connectivity index (χ3v) is 6.10. The minimum Gasteiger partial charge on any atom is -0.464 e. The standard InChI is InChI=1S/C24H21ClN4O4/c1-15-4-5-16(13-18(15)25)26-22-17-6-12-33-21(17)14-19(27-22)23(30)28-7-9-29(10-8-28)24(31)20-3-2-11-32-20/h2-6,11-14H,7-10H2,1H3,(H,26,27). The summed E-state index contributed by atoms with van der Waals surface area (Å²) in [5.41, 5.74) is 2.55. The molecule has 0 bridgehead atoms. The lowest BCUT2D eigenvalue weighted by atomic mass is 10.2. The zero-order chi connectivity index (χ0) is 22.9. The molecule has 0 radical (unpaired) electrons. The van der Waals surface area contributed by atoms with Crippen molar-refractivity contribution in [3.05, 3.63) is 77.0 Å². The van der Waals surface area contributed by atoms with E-state index in [1.807, 2.05) is 25.1 Å². The van der Waals surface area contributed by atoms with Gasteiger partial charge in [-0.3, -0.25) is 9.59 Å². The normalized spacial score (nSPS) is 14.0. The van der Waals surface area contributed by atoms with Crippen LogP contribution in [0.1, 0.15) is 26.6 Å². The molecule has 3 aromatic heterocycles. The smallest absolute Gasteiger partial charge is 0.289 e. The summed E-state index contributed by atoms with van der Waals surface area (Å²) in [6, 6.07) is 12.4. The van der Waals surface area contributed by atoms with E-state index in [-0.39, 0.29) is 17.5 Å². The van der Waals surface area contributed by atoms with E-state index in [0.29, 0.717) is 48.4 Å². The molecule has 9 heteroatoms. The van der Waals surface area contributed by atoms with Gasteiger partial charge in [0.1, 0.15) is 17.1 Å². The Morgan fingerprint density at radius 3 is 2.42 bits per heavy atom. The zero-order valence-electron chi connectivity index (χ0n) is 17.9. The molecule has 0 aliphatic carbocycles. The molecular formula is C24H21ClN4O4. The Hall–Kier alpha value is -3.78. The van der Waals surface area contributed by atoms with Crippen LogP contribution in [0.3, 0.4) is 0 Å². The highest BCUT2D eigenvalue weighted by atomic mass is 35.5. The van der Waals surface area contributed by atoms with Crippen molar-refractivity contribution >= 4 is 45.9 Å². The Kier molecular flexibility index (Phi) is 5.51. The third-order valence-electron chi connectivity index (χ3n) is 5.69. The summed E-state index contributed by atoms with van der Waals surface area (Å²) in [6.07, 6.45) is 3.03. The lowest BCUT2D eigenvalue weighted by Crippen LogP contribution is -2.50. The maximum Gasteiger partial charge on any atom is 0.289 e. The Bertz CT molecular complexity index is 1320. The molecule has 168 valence electrons. The van der Waals surface area contributed by atoms with Crippen LogP contribution in [-0.2, 0) is 0 Å². The van der Waals surface area contributed by atoms with Gasteiger partial charge in [0.25, 0.3) is 11.8 Å². The van der Waals surface area contributed by atoms with Crippen LogP contribution in [-0.4, -0.2) is 52.8 Å². The van der Waals surface area contributed by atoms with Crippen molar-refractivity contribution in [1.29, 1.82) is 0 Å². The Balaban J connectivity index is 1.35. The van der Waals surface area contributed by atoms with E-state index < -0.39 is 0 Å². The number of carbonyl (C=O) groups is 2. The van der Waals surface area contributed by atoms with E-state index in [9.17, 15) is 9.59 Å². The van der Waals surface area contributed by atoms with Crippen LogP contribution in [0.25, 0.3) is 11.0 Å². The number of carbonyl (C=O) groups excluding carboxylic acids is 2. The quantitative estimate of drug-likeness (QED) is 0.469. The summed E-state index contributed by atoms with van der Waals surface area (Å²) in [7, 11) is 0. The monoisotopic (exact) mass is 464 g/mol. The molecule has 0 atom stereocenters. The number of piperazine rings is 1. The number of amides is 2. The van der Waals surface area contributed by atoms with Gasteiger partial charge >= 0.3 is 0 Å². The van der Waals surface area contributed by atoms with Crippen molar-refractivity contribution in [2.24, 2.45) is 0 Å². The van der Waals surface area contributed by atoms with E-state index in [2.05, 4.69) is 10.3 Å². The van der Waals surface area contributed by atoms with E-state index >= 15 is 0 Å². The van der Waals surface area contributed by atoms with Crippen LogP contribution in [0.2, 0.25) is 5.02 Å². The lowest BCUT2D eigenvalue weighted by Gasteiger charge is -2.34. The fraction of sp³-hybridized carbons (Fsp3) is 0.208. The fourth-order valence-corrected chi connectivity index (χ4v) is 3.99. The second kappa shape index (κ2) is 8.63. The van der Waals surface area contributed by atoms with Crippen LogP contribution in [0.15, 0.2) is 63.8 Å². The molecule has 0 unspecified atom stereocenters. The first-order valence-corrected chi connectivity index (χ1v) is 10.9. The van der Waals surface area contributed by atoms with Crippen LogP contribution in [0.4, 0.5) is 11.5 Å². The van der Waals surface area contributed by atoms with Crippen molar-refractivity contribution < 1.29 is 18.4 Å². The number of aryl methyl sites for hydroxylation is 1. The molecule has 33 heavy (non-hydrogen) atoms. The summed E-state index contributed by atoms with van der Waals surface area (Å²) in [5.74, 6) is 0.414. The molecule has 0 spiro atoms. The van der Waals surface area contributed by atoms with Gasteiger partial charge in [0.15, 0.2) is 5.76 Å². The maximum atomic E-state index is 13.2. The van der Waals surface area contributed by atoms with Crippen LogP contribution in [0.5, 0.6) is 0 Å². The Morgan fingerprint density at radius 1 is 0.970 bits per heavy atom. The van der Waals surface area contributed by atoms with Gasteiger partial charge in [-0.1, -0.05) is 17.7 Å². The predicted molar refractivity (Wildman–Crippen MR) is 124 cm³/mol. The topological polar surface area (TPSA) is 91.8 Å². The summed E-state index contributed by atoms with van der Waals surface area (Å²) < 4.78 is 10.8. The van der Waals surface area contributed by atoms with Crippen LogP contribution < -0.4 is 5.32 Å². The van der Waals surface area contributed by atoms with Gasteiger partial charge in [0, 0.05) is 43.0 Å². The van der Waals surface area contributed by atoms with Crippen molar-refractivity contribution in [1.82, 2.24) is 14.8 Å². The minimum absolute atomic E-state index is 0.175. The summed E-state index contributed by atoms with van der Waals surface area (Å²) in [4.78, 5) is 33.7. The summed E-state index contributed by atoms with van der Waals surface area (Å²) >= 11 is 6.25. The van der Waals surface area contributed by atoms with E-state index in [1.54, 1.807) is 40.3 Å². The van der Waals surface area contributed by atoms with Crippen molar-refractivity contribution in [2.75, 3.05) is 31.5 Å². The predicted octanol–water partition coefficient (Wildman–Crippen LogP) is 4.72. The number of hydrogen-bond donors (Lipinski definition) is 1. The van der Waals surface area contributed by atoms with Crippen molar-refractivity contribution in [3.63, 3.8) is 0 Å². The average molecular weight is 465 g/mol. The van der Waals surface area contributed by atoms with E-state index in [1.165, 1.54) is 6.26 Å². The molecule has 5 rings (SSSR count). The number of benzene rings is 1. The second-order valence-electron chi connectivity index (χ2n) is 7.84. The summed E-state index contributed by atoms with van der Waals surface area (Å²) in [6.45, 7) is 3.57. The first-order valence-electron chi connectivity index (χ1n) is 10.5. The molecule has 2 amide bonds. The maximum absolute atomic E-state index is 13.2. The van der Waals surface area contributed by atoms with E-state index in [0.717, 1.165) is 16.6 Å². The highest BCUT2D eigenvalue weighted by Crippen LogP contribution is 2.29. The molecule has 0 saturated carbocycles. The number of pyridine rings is 1. The SMILES string of the molecule is Cc1ccc(Nc2nc(C(=O)N3CCN(C(=O)c4ccco4)CC3)cc3occc23)cc1Cl. The van der Waals surface area contributed by atoms with Gasteiger partial charge in [0.2, 0.25) is 0 Å². The average Bonchev–Trinajstić information content (AvgIpc) is 3.53. The number of anilines is 2. The highest BCUT2D eigenvalue weighted by Gasteiger charge is 2.28. The van der Waals surface area contributed by atoms with Crippen LogP contribution >= 0.6 is 11.6 Å². The second-order valence-corrected chi connectivity index (χ2v) is 8.25. The minimum atomic E-state index is -0.219. The summed E-state index contributed by atoms with van der Waals surface area (Å²) in [5, 5.41) is 4.65. The number of furan rings is 2. The number of hydrogen-bond acceptors (Lipinski definition) is 6. The number of fused-ring (bicyclic) bond motifs is 1. The molecule has 1 aliphatic rings. The Labute approximate surface area is 194 Å². The lowest BCUT2D eigenvalue weighted by molar-refractivity contribution is 0.0515. The van der Waals surface area contributed by atoms with Crippen LogP contribution in [0, 0.1) is 6.92 Å². The van der Waals surface area contributed by atoms with E-state index in [4.69, 9.17) is 20.4 Å².